The van der Waals surface area contributed by atoms with Crippen molar-refractivity contribution in [1.29, 1.82) is 0 Å². The number of nitrogens with zero attached hydrogens (tertiary/aromatic N) is 1. The van der Waals surface area contributed by atoms with E-state index in [1.165, 1.54) is 16.9 Å². The van der Waals surface area contributed by atoms with Gasteiger partial charge in [-0.25, -0.2) is 4.98 Å². The normalized spacial score (nSPS) is 10.6. The van der Waals surface area contributed by atoms with Gasteiger partial charge in [0.25, 0.3) is 0 Å². The van der Waals surface area contributed by atoms with Crippen molar-refractivity contribution in [1.82, 2.24) is 10.3 Å². The Kier molecular flexibility index (Phi) is 4.35. The van der Waals surface area contributed by atoms with Crippen LogP contribution in [0.1, 0.15) is 10.6 Å². The van der Waals surface area contributed by atoms with Gasteiger partial charge < -0.3 is 5.32 Å². The summed E-state index contributed by atoms with van der Waals surface area (Å²) in [6.45, 7) is 1.58. The average Bonchev–Trinajstić information content (AvgIpc) is 2.64. The van der Waals surface area contributed by atoms with Crippen LogP contribution in [0.3, 0.4) is 0 Å². The van der Waals surface area contributed by atoms with Crippen LogP contribution < -0.4 is 5.32 Å². The number of nitrogens with one attached hydrogen (secondary N) is 1. The maximum atomic E-state index is 5.80. The largest absolute Gasteiger partial charge is 0.306 e. The Hall–Kier alpha value is -0.420. The van der Waals surface area contributed by atoms with Gasteiger partial charge in [-0.3, -0.25) is 0 Å². The summed E-state index contributed by atoms with van der Waals surface area (Å²) in [6.07, 6.45) is 1.68. The molecule has 0 aliphatic rings. The highest BCUT2D eigenvalue weighted by molar-refractivity contribution is 9.10. The molecular weight excluding hydrogens is 308 g/mol. The monoisotopic (exact) mass is 316 g/mol. The first-order valence-corrected chi connectivity index (χ1v) is 6.78. The molecule has 1 N–H and O–H groups in total. The van der Waals surface area contributed by atoms with Gasteiger partial charge in [-0.1, -0.05) is 39.7 Å². The fourth-order valence-corrected chi connectivity index (χ4v) is 2.70. The zero-order valence-corrected chi connectivity index (χ0v) is 11.6. The van der Waals surface area contributed by atoms with E-state index in [1.54, 1.807) is 6.20 Å². The van der Waals surface area contributed by atoms with Crippen LogP contribution in [-0.4, -0.2) is 4.98 Å². The zero-order valence-electron chi connectivity index (χ0n) is 8.41. The quantitative estimate of drug-likeness (QED) is 0.926. The lowest BCUT2D eigenvalue weighted by Crippen LogP contribution is -2.12. The molecule has 1 aromatic carbocycles. The van der Waals surface area contributed by atoms with Gasteiger partial charge in [0.1, 0.15) is 9.34 Å². The van der Waals surface area contributed by atoms with Crippen LogP contribution in [0.2, 0.25) is 4.34 Å². The highest BCUT2D eigenvalue weighted by Gasteiger charge is 1.99. The summed E-state index contributed by atoms with van der Waals surface area (Å²) in [6, 6.07) is 8.24. The van der Waals surface area contributed by atoms with Gasteiger partial charge in [-0.15, -0.1) is 11.3 Å². The molecule has 0 saturated heterocycles. The van der Waals surface area contributed by atoms with Crippen molar-refractivity contribution >= 4 is 38.9 Å². The minimum Gasteiger partial charge on any atom is -0.306 e. The zero-order chi connectivity index (χ0) is 11.4. The van der Waals surface area contributed by atoms with Crippen molar-refractivity contribution in [3.63, 3.8) is 0 Å². The number of benzene rings is 1. The molecular formula is C11H10BrClN2S. The van der Waals surface area contributed by atoms with Crippen molar-refractivity contribution < 1.29 is 0 Å². The fraction of sp³-hybridized carbons (Fsp3) is 0.182. The molecule has 2 aromatic rings. The average molecular weight is 318 g/mol. The Morgan fingerprint density at radius 1 is 1.38 bits per heavy atom. The van der Waals surface area contributed by atoms with E-state index in [-0.39, 0.29) is 0 Å². The Labute approximate surface area is 112 Å². The maximum Gasteiger partial charge on any atom is 0.113 e. The predicted octanol–water partition coefficient (Wildman–Crippen LogP) is 3.85. The molecule has 0 aliphatic carbocycles. The lowest BCUT2D eigenvalue weighted by Gasteiger charge is -2.03. The molecule has 0 radical (unpaired) electrons. The van der Waals surface area contributed by atoms with E-state index in [0.717, 1.165) is 26.9 Å². The third-order valence-electron chi connectivity index (χ3n) is 2.02. The molecule has 0 spiro atoms. The predicted molar refractivity (Wildman–Crippen MR) is 71.8 cm³/mol. The molecule has 0 amide bonds. The molecule has 16 heavy (non-hydrogen) atoms. The second kappa shape index (κ2) is 5.77. The van der Waals surface area contributed by atoms with Gasteiger partial charge in [-0.2, -0.15) is 0 Å². The van der Waals surface area contributed by atoms with Crippen LogP contribution in [0.25, 0.3) is 0 Å². The van der Waals surface area contributed by atoms with E-state index in [1.807, 2.05) is 12.1 Å². The van der Waals surface area contributed by atoms with Crippen molar-refractivity contribution in [2.45, 2.75) is 13.1 Å². The van der Waals surface area contributed by atoms with Crippen molar-refractivity contribution in [2.24, 2.45) is 0 Å². The van der Waals surface area contributed by atoms with Crippen molar-refractivity contribution in [3.05, 3.63) is 49.8 Å². The summed E-state index contributed by atoms with van der Waals surface area (Å²) in [7, 11) is 0. The summed E-state index contributed by atoms with van der Waals surface area (Å²) < 4.78 is 1.84. The van der Waals surface area contributed by atoms with Crippen molar-refractivity contribution in [2.75, 3.05) is 0 Å². The van der Waals surface area contributed by atoms with Gasteiger partial charge in [0.05, 0.1) is 6.20 Å². The summed E-state index contributed by atoms with van der Waals surface area (Å²) >= 11 is 10.8. The molecule has 0 unspecified atom stereocenters. The van der Waals surface area contributed by atoms with Crippen LogP contribution in [0.5, 0.6) is 0 Å². The lowest BCUT2D eigenvalue weighted by atomic mass is 10.2. The number of hydrogen-bond acceptors (Lipinski definition) is 3. The highest BCUT2D eigenvalue weighted by atomic mass is 79.9. The van der Waals surface area contributed by atoms with E-state index in [9.17, 15) is 0 Å². The van der Waals surface area contributed by atoms with Crippen LogP contribution in [0, 0.1) is 0 Å². The molecule has 2 nitrogen and oxygen atoms in total. The third kappa shape index (κ3) is 3.56. The fourth-order valence-electron chi connectivity index (χ4n) is 1.33. The number of hydrogen-bond donors (Lipinski definition) is 1. The Morgan fingerprint density at radius 3 is 2.94 bits per heavy atom. The molecule has 1 heterocycles. The van der Waals surface area contributed by atoms with E-state index < -0.39 is 0 Å². The molecule has 0 atom stereocenters. The molecule has 84 valence electrons. The van der Waals surface area contributed by atoms with Crippen LogP contribution >= 0.6 is 38.9 Å². The van der Waals surface area contributed by atoms with Gasteiger partial charge in [0, 0.05) is 17.6 Å². The van der Waals surface area contributed by atoms with E-state index >= 15 is 0 Å². The molecule has 0 bridgehead atoms. The smallest absolute Gasteiger partial charge is 0.113 e. The first-order chi connectivity index (χ1) is 7.74. The molecule has 0 saturated carbocycles. The second-order valence-electron chi connectivity index (χ2n) is 3.29. The maximum absolute atomic E-state index is 5.80. The summed E-state index contributed by atoms with van der Waals surface area (Å²) in [4.78, 5) is 4.18. The van der Waals surface area contributed by atoms with Gasteiger partial charge >= 0.3 is 0 Å². The van der Waals surface area contributed by atoms with Gasteiger partial charge in [-0.05, 0) is 17.7 Å². The number of rotatable bonds is 4. The SMILES string of the molecule is Clc1cnc(CNCc2cccc(Br)c2)s1. The van der Waals surface area contributed by atoms with E-state index in [0.29, 0.717) is 0 Å². The Morgan fingerprint density at radius 2 is 2.25 bits per heavy atom. The minimum atomic E-state index is 0.735. The Bertz CT molecular complexity index is 473. The standard InChI is InChI=1S/C11H10BrClN2S/c12-9-3-1-2-8(4-9)5-14-7-11-15-6-10(13)16-11/h1-4,6,14H,5,7H2. The van der Waals surface area contributed by atoms with E-state index in [2.05, 4.69) is 38.4 Å². The minimum absolute atomic E-state index is 0.735. The molecule has 2 rings (SSSR count). The first-order valence-electron chi connectivity index (χ1n) is 4.79. The molecule has 1 aromatic heterocycles. The lowest BCUT2D eigenvalue weighted by molar-refractivity contribution is 0.690. The van der Waals surface area contributed by atoms with Gasteiger partial charge in [0.15, 0.2) is 0 Å². The summed E-state index contributed by atoms with van der Waals surface area (Å²) in [5.74, 6) is 0. The first kappa shape index (κ1) is 12.0. The third-order valence-corrected chi connectivity index (χ3v) is 3.63. The summed E-state index contributed by atoms with van der Waals surface area (Å²) in [5, 5.41) is 4.34. The molecule has 0 fully saturated rings. The van der Waals surface area contributed by atoms with Gasteiger partial charge in [0.2, 0.25) is 0 Å². The van der Waals surface area contributed by atoms with Crippen LogP contribution in [-0.2, 0) is 13.1 Å². The second-order valence-corrected chi connectivity index (χ2v) is 5.95. The highest BCUT2D eigenvalue weighted by Crippen LogP contribution is 2.18. The van der Waals surface area contributed by atoms with Crippen molar-refractivity contribution in [3.8, 4) is 0 Å². The molecule has 0 aliphatic heterocycles. The van der Waals surface area contributed by atoms with Crippen LogP contribution in [0.15, 0.2) is 34.9 Å². The van der Waals surface area contributed by atoms with E-state index in [4.69, 9.17) is 11.6 Å². The number of aromatic nitrogens is 1. The molecule has 5 heteroatoms. The topological polar surface area (TPSA) is 24.9 Å². The summed E-state index contributed by atoms with van der Waals surface area (Å²) in [5.41, 5.74) is 1.25. The number of halogens is 2. The number of thiazole rings is 1. The Balaban J connectivity index is 1.84. The van der Waals surface area contributed by atoms with Crippen LogP contribution in [0.4, 0.5) is 0 Å².